The molecule has 11 heteroatoms. The van der Waals surface area contributed by atoms with Gasteiger partial charge in [-0.1, -0.05) is 41.6 Å². The standard InChI is InChI=1S/C31H33N5O6/c1-20(37)22-11-4-6-14-25(22)36(28(38)19-35-26-15-7-5-13-24(26)33-34-35)29(31(39)32-18-21-10-9-17-42-21)23-12-8-16-27(40-2)30(23)41-3/h4-8,11-16,21,29H,9-10,17-19H2,1-3H3,(H,32,39)/t21-,29+/m0/s1. The average Bonchev–Trinajstić information content (AvgIpc) is 3.68. The largest absolute Gasteiger partial charge is 0.493 e. The van der Waals surface area contributed by atoms with E-state index in [-0.39, 0.29) is 36.2 Å². The number of Topliss-reactive ketones (excluding diaryl/α,β-unsaturated/α-hetero) is 1. The molecule has 3 aromatic carbocycles. The zero-order valence-corrected chi connectivity index (χ0v) is 23.8. The fraction of sp³-hybridized carbons (Fsp3) is 0.323. The first kappa shape index (κ1) is 28.7. The second-order valence-corrected chi connectivity index (χ2v) is 9.94. The average molecular weight is 572 g/mol. The number of fused-ring (bicyclic) bond motifs is 1. The molecule has 2 amide bonds. The Bertz CT molecular complexity index is 1600. The molecule has 4 aromatic rings. The van der Waals surface area contributed by atoms with Gasteiger partial charge in [-0.25, -0.2) is 4.68 Å². The molecular formula is C31H33N5O6. The highest BCUT2D eigenvalue weighted by Crippen LogP contribution is 2.40. The van der Waals surface area contributed by atoms with Gasteiger partial charge in [0.25, 0.3) is 0 Å². The summed E-state index contributed by atoms with van der Waals surface area (Å²) in [4.78, 5) is 42.8. The van der Waals surface area contributed by atoms with Gasteiger partial charge in [-0.15, -0.1) is 5.10 Å². The zero-order valence-electron chi connectivity index (χ0n) is 23.8. The van der Waals surface area contributed by atoms with Gasteiger partial charge >= 0.3 is 0 Å². The van der Waals surface area contributed by atoms with Crippen LogP contribution < -0.4 is 19.7 Å². The first-order valence-electron chi connectivity index (χ1n) is 13.7. The maximum atomic E-state index is 14.4. The summed E-state index contributed by atoms with van der Waals surface area (Å²) in [6.45, 7) is 2.08. The number of benzene rings is 3. The number of methoxy groups -OCH3 is 2. The molecule has 0 aliphatic carbocycles. The smallest absolute Gasteiger partial charge is 0.249 e. The van der Waals surface area contributed by atoms with E-state index >= 15 is 0 Å². The zero-order chi connectivity index (χ0) is 29.6. The van der Waals surface area contributed by atoms with Crippen molar-refractivity contribution < 1.29 is 28.6 Å². The topological polar surface area (TPSA) is 125 Å². The summed E-state index contributed by atoms with van der Waals surface area (Å²) >= 11 is 0. The summed E-state index contributed by atoms with van der Waals surface area (Å²) in [6, 6.07) is 17.9. The monoisotopic (exact) mass is 571 g/mol. The molecule has 1 aromatic heterocycles. The Morgan fingerprint density at radius 1 is 1.05 bits per heavy atom. The lowest BCUT2D eigenvalue weighted by molar-refractivity contribution is -0.127. The predicted molar refractivity (Wildman–Crippen MR) is 156 cm³/mol. The predicted octanol–water partition coefficient (Wildman–Crippen LogP) is 3.72. The molecule has 1 fully saturated rings. The molecule has 0 radical (unpaired) electrons. The molecule has 0 saturated carbocycles. The van der Waals surface area contributed by atoms with Crippen LogP contribution in [0.15, 0.2) is 66.7 Å². The maximum Gasteiger partial charge on any atom is 0.249 e. The van der Waals surface area contributed by atoms with Crippen molar-refractivity contribution in [1.29, 1.82) is 0 Å². The molecule has 218 valence electrons. The van der Waals surface area contributed by atoms with Crippen LogP contribution in [0.5, 0.6) is 11.5 Å². The van der Waals surface area contributed by atoms with Crippen molar-refractivity contribution >= 4 is 34.3 Å². The minimum absolute atomic E-state index is 0.128. The normalized spacial score (nSPS) is 15.3. The van der Waals surface area contributed by atoms with Gasteiger partial charge in [0.2, 0.25) is 11.8 Å². The van der Waals surface area contributed by atoms with Crippen LogP contribution in [-0.2, 0) is 20.9 Å². The van der Waals surface area contributed by atoms with Gasteiger partial charge in [-0.2, -0.15) is 0 Å². The van der Waals surface area contributed by atoms with E-state index in [4.69, 9.17) is 14.2 Å². The van der Waals surface area contributed by atoms with Gasteiger partial charge in [0, 0.05) is 24.3 Å². The molecule has 0 bridgehead atoms. The van der Waals surface area contributed by atoms with E-state index in [1.54, 1.807) is 48.5 Å². The Balaban J connectivity index is 1.66. The number of ketones is 1. The number of hydrogen-bond acceptors (Lipinski definition) is 8. The summed E-state index contributed by atoms with van der Waals surface area (Å²) in [5.74, 6) is -0.526. The van der Waals surface area contributed by atoms with Gasteiger partial charge in [0.15, 0.2) is 17.3 Å². The van der Waals surface area contributed by atoms with Crippen molar-refractivity contribution in [3.05, 3.63) is 77.9 Å². The number of aromatic nitrogens is 3. The maximum absolute atomic E-state index is 14.4. The third-order valence-electron chi connectivity index (χ3n) is 7.28. The molecule has 1 N–H and O–H groups in total. The molecule has 0 unspecified atom stereocenters. The van der Waals surface area contributed by atoms with Crippen molar-refractivity contribution in [2.24, 2.45) is 0 Å². The van der Waals surface area contributed by atoms with E-state index in [0.717, 1.165) is 12.8 Å². The number of carbonyl (C=O) groups is 3. The third kappa shape index (κ3) is 5.82. The van der Waals surface area contributed by atoms with E-state index < -0.39 is 17.9 Å². The van der Waals surface area contributed by atoms with Crippen LogP contribution in [-0.4, -0.2) is 66.1 Å². The summed E-state index contributed by atoms with van der Waals surface area (Å²) < 4.78 is 18.5. The molecule has 1 aliphatic rings. The minimum atomic E-state index is -1.24. The van der Waals surface area contributed by atoms with Crippen molar-refractivity contribution in [2.45, 2.75) is 38.5 Å². The number of carbonyl (C=O) groups excluding carboxylic acids is 3. The first-order valence-corrected chi connectivity index (χ1v) is 13.7. The Kier molecular flexibility index (Phi) is 8.77. The van der Waals surface area contributed by atoms with Crippen LogP contribution in [0.2, 0.25) is 0 Å². The summed E-state index contributed by atoms with van der Waals surface area (Å²) in [7, 11) is 2.97. The molecule has 0 spiro atoms. The highest BCUT2D eigenvalue weighted by Gasteiger charge is 2.37. The minimum Gasteiger partial charge on any atom is -0.493 e. The Morgan fingerprint density at radius 2 is 1.83 bits per heavy atom. The molecule has 2 atom stereocenters. The highest BCUT2D eigenvalue weighted by atomic mass is 16.5. The van der Waals surface area contributed by atoms with Crippen LogP contribution in [0.1, 0.15) is 41.7 Å². The van der Waals surface area contributed by atoms with Crippen LogP contribution >= 0.6 is 0 Å². The van der Waals surface area contributed by atoms with Gasteiger partial charge < -0.3 is 19.5 Å². The van der Waals surface area contributed by atoms with Crippen molar-refractivity contribution in [3.63, 3.8) is 0 Å². The van der Waals surface area contributed by atoms with E-state index in [1.807, 2.05) is 18.2 Å². The molecular weight excluding hydrogens is 538 g/mol. The Hall–Kier alpha value is -4.77. The van der Waals surface area contributed by atoms with Gasteiger partial charge in [0.05, 0.1) is 31.5 Å². The summed E-state index contributed by atoms with van der Waals surface area (Å²) in [5.41, 5.74) is 2.23. The lowest BCUT2D eigenvalue weighted by atomic mass is 9.99. The molecule has 1 saturated heterocycles. The van der Waals surface area contributed by atoms with Crippen LogP contribution in [0, 0.1) is 0 Å². The van der Waals surface area contributed by atoms with Crippen molar-refractivity contribution in [1.82, 2.24) is 20.3 Å². The number of nitrogens with zero attached hydrogens (tertiary/aromatic N) is 4. The lowest BCUT2D eigenvalue weighted by Crippen LogP contribution is -2.47. The van der Waals surface area contributed by atoms with E-state index in [9.17, 15) is 14.4 Å². The van der Waals surface area contributed by atoms with E-state index in [2.05, 4.69) is 15.6 Å². The van der Waals surface area contributed by atoms with Gasteiger partial charge in [0.1, 0.15) is 18.1 Å². The van der Waals surface area contributed by atoms with Crippen molar-refractivity contribution in [2.75, 3.05) is 32.3 Å². The van der Waals surface area contributed by atoms with Crippen LogP contribution in [0.3, 0.4) is 0 Å². The number of rotatable bonds is 11. The lowest BCUT2D eigenvalue weighted by Gasteiger charge is -2.33. The Labute approximate surface area is 243 Å². The second kappa shape index (κ2) is 12.8. The molecule has 2 heterocycles. The highest BCUT2D eigenvalue weighted by molar-refractivity contribution is 6.08. The number of hydrogen-bond donors (Lipinski definition) is 1. The number of amides is 2. The summed E-state index contributed by atoms with van der Waals surface area (Å²) in [5, 5.41) is 11.3. The number of para-hydroxylation sites is 3. The Morgan fingerprint density at radius 3 is 2.57 bits per heavy atom. The van der Waals surface area contributed by atoms with Crippen LogP contribution in [0.4, 0.5) is 5.69 Å². The first-order chi connectivity index (χ1) is 20.4. The molecule has 5 rings (SSSR count). The number of nitrogens with one attached hydrogen (secondary N) is 1. The number of anilines is 1. The fourth-order valence-corrected chi connectivity index (χ4v) is 5.28. The third-order valence-corrected chi connectivity index (χ3v) is 7.28. The number of ether oxygens (including phenoxy) is 3. The fourth-order valence-electron chi connectivity index (χ4n) is 5.28. The van der Waals surface area contributed by atoms with E-state index in [0.29, 0.717) is 34.7 Å². The van der Waals surface area contributed by atoms with Crippen LogP contribution in [0.25, 0.3) is 11.0 Å². The summed E-state index contributed by atoms with van der Waals surface area (Å²) in [6.07, 6.45) is 1.61. The SMILES string of the molecule is COc1cccc([C@H](C(=O)NC[C@@H]2CCCO2)N(C(=O)Cn2nnc3ccccc32)c2ccccc2C(C)=O)c1OC. The van der Waals surface area contributed by atoms with E-state index in [1.165, 1.54) is 30.7 Å². The van der Waals surface area contributed by atoms with Gasteiger partial charge in [-0.05, 0) is 50.1 Å². The molecule has 11 nitrogen and oxygen atoms in total. The quantitative estimate of drug-likeness (QED) is 0.270. The molecule has 1 aliphatic heterocycles. The van der Waals surface area contributed by atoms with Gasteiger partial charge in [-0.3, -0.25) is 19.3 Å². The second-order valence-electron chi connectivity index (χ2n) is 9.94. The molecule has 42 heavy (non-hydrogen) atoms. The van der Waals surface area contributed by atoms with Crippen molar-refractivity contribution in [3.8, 4) is 11.5 Å².